The molecule has 0 aromatic heterocycles. The minimum Gasteiger partial charge on any atom is -0.356 e. The van der Waals surface area contributed by atoms with Crippen molar-refractivity contribution in [1.29, 1.82) is 0 Å². The van der Waals surface area contributed by atoms with Crippen LogP contribution in [0.15, 0.2) is 24.3 Å². The quantitative estimate of drug-likeness (QED) is 0.821. The van der Waals surface area contributed by atoms with Gasteiger partial charge < -0.3 is 5.32 Å². The third-order valence-corrected chi connectivity index (χ3v) is 4.56. The van der Waals surface area contributed by atoms with Crippen LogP contribution in [0.3, 0.4) is 0 Å². The van der Waals surface area contributed by atoms with Crippen molar-refractivity contribution in [2.75, 3.05) is 6.54 Å². The molecule has 3 heteroatoms. The Morgan fingerprint density at radius 1 is 1.20 bits per heavy atom. The molecule has 0 heterocycles. The van der Waals surface area contributed by atoms with E-state index in [1.807, 2.05) is 0 Å². The first-order valence-electron chi connectivity index (χ1n) is 7.60. The van der Waals surface area contributed by atoms with E-state index < -0.39 is 0 Å². The highest BCUT2D eigenvalue weighted by atomic mass is 35.5. The molecule has 0 aliphatic heterocycles. The lowest BCUT2D eigenvalue weighted by atomic mass is 9.89. The first-order chi connectivity index (χ1) is 9.63. The van der Waals surface area contributed by atoms with E-state index in [1.54, 1.807) is 0 Å². The van der Waals surface area contributed by atoms with Gasteiger partial charge in [-0.05, 0) is 50.5 Å². The predicted molar refractivity (Wildman–Crippen MR) is 84.1 cm³/mol. The summed E-state index contributed by atoms with van der Waals surface area (Å²) in [6, 6.07) is 8.39. The second-order valence-corrected chi connectivity index (χ2v) is 6.52. The first-order valence-corrected chi connectivity index (χ1v) is 8.03. The highest BCUT2D eigenvalue weighted by Crippen LogP contribution is 2.26. The average molecular weight is 294 g/mol. The zero-order valence-corrected chi connectivity index (χ0v) is 13.0. The summed E-state index contributed by atoms with van der Waals surface area (Å²) in [7, 11) is 0. The maximum atomic E-state index is 11.9. The molecule has 0 bridgehead atoms. The molecule has 20 heavy (non-hydrogen) atoms. The molecule has 0 saturated heterocycles. The van der Waals surface area contributed by atoms with Gasteiger partial charge in [-0.15, -0.1) is 11.6 Å². The van der Waals surface area contributed by atoms with Crippen molar-refractivity contribution >= 4 is 17.5 Å². The third kappa shape index (κ3) is 5.16. The fourth-order valence-corrected chi connectivity index (χ4v) is 2.94. The van der Waals surface area contributed by atoms with Crippen LogP contribution >= 0.6 is 11.6 Å². The van der Waals surface area contributed by atoms with Crippen LogP contribution in [0.4, 0.5) is 0 Å². The molecule has 0 unspecified atom stereocenters. The van der Waals surface area contributed by atoms with Gasteiger partial charge in [0.1, 0.15) is 0 Å². The standard InChI is InChI=1S/C17H24ClNO/c1-13-2-4-14(5-3-13)8-11-17(20)19-12-15-6-9-16(18)10-7-15/h2-5,15-16H,6-12H2,1H3,(H,19,20). The first kappa shape index (κ1) is 15.4. The van der Waals surface area contributed by atoms with Crippen LogP contribution in [-0.2, 0) is 11.2 Å². The summed E-state index contributed by atoms with van der Waals surface area (Å²) >= 11 is 6.09. The topological polar surface area (TPSA) is 29.1 Å². The molecule has 1 amide bonds. The third-order valence-electron chi connectivity index (χ3n) is 4.13. The SMILES string of the molecule is Cc1ccc(CCC(=O)NCC2CCC(Cl)CC2)cc1. The van der Waals surface area contributed by atoms with Crippen molar-refractivity contribution in [3.8, 4) is 0 Å². The molecule has 0 atom stereocenters. The number of halogens is 1. The second-order valence-electron chi connectivity index (χ2n) is 5.91. The van der Waals surface area contributed by atoms with Crippen molar-refractivity contribution in [2.45, 2.75) is 50.8 Å². The van der Waals surface area contributed by atoms with Gasteiger partial charge in [-0.2, -0.15) is 0 Å². The molecule has 1 aliphatic carbocycles. The Kier molecular flexibility index (Phi) is 5.90. The predicted octanol–water partition coefficient (Wildman–Crippen LogP) is 3.84. The summed E-state index contributed by atoms with van der Waals surface area (Å²) in [5, 5.41) is 3.42. The van der Waals surface area contributed by atoms with Crippen LogP contribution in [0.1, 0.15) is 43.2 Å². The molecule has 2 rings (SSSR count). The molecular weight excluding hydrogens is 270 g/mol. The number of benzene rings is 1. The van der Waals surface area contributed by atoms with Crippen LogP contribution in [0.5, 0.6) is 0 Å². The highest BCUT2D eigenvalue weighted by Gasteiger charge is 2.19. The van der Waals surface area contributed by atoms with Gasteiger partial charge in [0.2, 0.25) is 5.91 Å². The Labute approximate surface area is 126 Å². The van der Waals surface area contributed by atoms with Crippen LogP contribution < -0.4 is 5.32 Å². The maximum absolute atomic E-state index is 11.9. The molecule has 110 valence electrons. The average Bonchev–Trinajstić information content (AvgIpc) is 2.46. The van der Waals surface area contributed by atoms with Gasteiger partial charge >= 0.3 is 0 Å². The fraction of sp³-hybridized carbons (Fsp3) is 0.588. The van der Waals surface area contributed by atoms with Gasteiger partial charge in [0, 0.05) is 18.3 Å². The van der Waals surface area contributed by atoms with Crippen molar-refractivity contribution in [2.24, 2.45) is 5.92 Å². The van der Waals surface area contributed by atoms with E-state index in [1.165, 1.54) is 11.1 Å². The molecule has 0 radical (unpaired) electrons. The molecule has 2 nitrogen and oxygen atoms in total. The smallest absolute Gasteiger partial charge is 0.220 e. The van der Waals surface area contributed by atoms with E-state index in [-0.39, 0.29) is 5.91 Å². The lowest BCUT2D eigenvalue weighted by Gasteiger charge is -2.25. The van der Waals surface area contributed by atoms with Gasteiger partial charge in [0.05, 0.1) is 0 Å². The van der Waals surface area contributed by atoms with Crippen LogP contribution in [0, 0.1) is 12.8 Å². The molecule has 1 N–H and O–H groups in total. The number of carbonyl (C=O) groups excluding carboxylic acids is 1. The Morgan fingerprint density at radius 3 is 2.50 bits per heavy atom. The second kappa shape index (κ2) is 7.68. The van der Waals surface area contributed by atoms with Gasteiger partial charge in [-0.1, -0.05) is 29.8 Å². The van der Waals surface area contributed by atoms with E-state index in [0.29, 0.717) is 17.7 Å². The Balaban J connectivity index is 1.64. The Bertz CT molecular complexity index is 421. The highest BCUT2D eigenvalue weighted by molar-refractivity contribution is 6.20. The zero-order chi connectivity index (χ0) is 14.4. The van der Waals surface area contributed by atoms with Crippen molar-refractivity contribution in [1.82, 2.24) is 5.32 Å². The molecule has 1 fully saturated rings. The monoisotopic (exact) mass is 293 g/mol. The Hall–Kier alpha value is -1.02. The summed E-state index contributed by atoms with van der Waals surface area (Å²) in [5.74, 6) is 0.784. The van der Waals surface area contributed by atoms with Gasteiger partial charge in [-0.25, -0.2) is 0 Å². The van der Waals surface area contributed by atoms with Crippen molar-refractivity contribution < 1.29 is 4.79 Å². The summed E-state index contributed by atoms with van der Waals surface area (Å²) < 4.78 is 0. The molecule has 1 aromatic carbocycles. The lowest BCUT2D eigenvalue weighted by molar-refractivity contribution is -0.121. The molecule has 1 aromatic rings. The minimum atomic E-state index is 0.165. The summed E-state index contributed by atoms with van der Waals surface area (Å²) in [6.45, 7) is 2.89. The minimum absolute atomic E-state index is 0.165. The van der Waals surface area contributed by atoms with Gasteiger partial charge in [-0.3, -0.25) is 4.79 Å². The number of aryl methyl sites for hydroxylation is 2. The molecular formula is C17H24ClNO. The normalized spacial score (nSPS) is 22.5. The number of rotatable bonds is 5. The lowest BCUT2D eigenvalue weighted by Crippen LogP contribution is -2.31. The summed E-state index contributed by atoms with van der Waals surface area (Å²) in [4.78, 5) is 11.9. The van der Waals surface area contributed by atoms with Crippen LogP contribution in [0.25, 0.3) is 0 Å². The van der Waals surface area contributed by atoms with E-state index in [4.69, 9.17) is 11.6 Å². The van der Waals surface area contributed by atoms with E-state index in [0.717, 1.165) is 38.6 Å². The maximum Gasteiger partial charge on any atom is 0.220 e. The largest absolute Gasteiger partial charge is 0.356 e. The summed E-state index contributed by atoms with van der Waals surface area (Å²) in [5.41, 5.74) is 2.49. The van der Waals surface area contributed by atoms with E-state index >= 15 is 0 Å². The Morgan fingerprint density at radius 2 is 1.85 bits per heavy atom. The van der Waals surface area contributed by atoms with Crippen LogP contribution in [-0.4, -0.2) is 17.8 Å². The van der Waals surface area contributed by atoms with E-state index in [9.17, 15) is 4.79 Å². The van der Waals surface area contributed by atoms with E-state index in [2.05, 4.69) is 36.5 Å². The van der Waals surface area contributed by atoms with Crippen molar-refractivity contribution in [3.05, 3.63) is 35.4 Å². The molecule has 1 aliphatic rings. The van der Waals surface area contributed by atoms with Crippen LogP contribution in [0.2, 0.25) is 0 Å². The van der Waals surface area contributed by atoms with Gasteiger partial charge in [0.25, 0.3) is 0 Å². The molecule has 1 saturated carbocycles. The van der Waals surface area contributed by atoms with Gasteiger partial charge in [0.15, 0.2) is 0 Å². The fourth-order valence-electron chi connectivity index (χ4n) is 2.69. The number of alkyl halides is 1. The number of hydrogen-bond acceptors (Lipinski definition) is 1. The summed E-state index contributed by atoms with van der Waals surface area (Å²) in [6.07, 6.45) is 5.87. The van der Waals surface area contributed by atoms with Crippen molar-refractivity contribution in [3.63, 3.8) is 0 Å². The molecule has 0 spiro atoms. The zero-order valence-electron chi connectivity index (χ0n) is 12.2. The number of carbonyl (C=O) groups is 1. The number of hydrogen-bond donors (Lipinski definition) is 1. The number of amides is 1. The number of nitrogens with one attached hydrogen (secondary N) is 1.